The second-order valence-corrected chi connectivity index (χ2v) is 22.6. The summed E-state index contributed by atoms with van der Waals surface area (Å²) in [5.41, 5.74) is 4.42. The van der Waals surface area contributed by atoms with Gasteiger partial charge in [-0.05, 0) is 68.4 Å². The van der Waals surface area contributed by atoms with Crippen molar-refractivity contribution in [2.24, 2.45) is 0 Å². The fourth-order valence-electron chi connectivity index (χ4n) is 3.90. The van der Waals surface area contributed by atoms with Crippen LogP contribution in [0, 0.1) is 0 Å². The van der Waals surface area contributed by atoms with E-state index in [1.165, 1.54) is 11.1 Å². The highest BCUT2D eigenvalue weighted by molar-refractivity contribution is 6.74. The predicted octanol–water partition coefficient (Wildman–Crippen LogP) is 7.52. The first-order valence-corrected chi connectivity index (χ1v) is 18.5. The Morgan fingerprint density at radius 1 is 0.636 bits per heavy atom. The third kappa shape index (κ3) is 7.09. The Labute approximate surface area is 204 Å². The van der Waals surface area contributed by atoms with E-state index in [1.54, 1.807) is 0 Å². The van der Waals surface area contributed by atoms with Crippen LogP contribution in [0.3, 0.4) is 0 Å². The summed E-state index contributed by atoms with van der Waals surface area (Å²) in [7, 11) is -3.76. The minimum absolute atomic E-state index is 0.139. The Balaban J connectivity index is 2.01. The van der Waals surface area contributed by atoms with Gasteiger partial charge in [-0.3, -0.25) is 9.59 Å². The van der Waals surface area contributed by atoms with Crippen molar-refractivity contribution < 1.29 is 18.4 Å². The minimum atomic E-state index is -1.88. The molecule has 2 aliphatic rings. The van der Waals surface area contributed by atoms with E-state index < -0.39 is 16.6 Å². The Kier molecular flexibility index (Phi) is 8.98. The van der Waals surface area contributed by atoms with Gasteiger partial charge in [0.05, 0.1) is 13.2 Å². The number of allylic oxidation sites excluding steroid dienone is 2. The van der Waals surface area contributed by atoms with Gasteiger partial charge in [0, 0.05) is 24.0 Å². The number of ketones is 2. The Bertz CT molecular complexity index is 752. The van der Waals surface area contributed by atoms with Gasteiger partial charge < -0.3 is 8.85 Å². The molecule has 0 aliphatic heterocycles. The maximum atomic E-state index is 12.5. The molecule has 0 amide bonds. The molecule has 0 fully saturated rings. The molecular weight excluding hydrogens is 444 g/mol. The molecule has 0 radical (unpaired) electrons. The van der Waals surface area contributed by atoms with Gasteiger partial charge in [0.2, 0.25) is 0 Å². The third-order valence-corrected chi connectivity index (χ3v) is 17.5. The highest BCUT2D eigenvalue weighted by Gasteiger charge is 2.39. The molecule has 0 unspecified atom stereocenters. The van der Waals surface area contributed by atoms with E-state index in [-0.39, 0.29) is 21.6 Å². The minimum Gasteiger partial charge on any atom is -0.412 e. The molecule has 33 heavy (non-hydrogen) atoms. The van der Waals surface area contributed by atoms with Crippen molar-refractivity contribution in [1.29, 1.82) is 0 Å². The summed E-state index contributed by atoms with van der Waals surface area (Å²) < 4.78 is 12.7. The van der Waals surface area contributed by atoms with Gasteiger partial charge in [-0.2, -0.15) is 0 Å². The summed E-state index contributed by atoms with van der Waals surface area (Å²) in [5.74, 6) is 0.532. The first kappa shape index (κ1) is 28.4. The molecule has 0 aromatic rings. The molecule has 0 saturated heterocycles. The highest BCUT2D eigenvalue weighted by atomic mass is 28.4. The lowest BCUT2D eigenvalue weighted by Gasteiger charge is -2.36. The Hall–Kier alpha value is -0.826. The monoisotopic (exact) mass is 492 g/mol. The fourth-order valence-corrected chi connectivity index (χ4v) is 5.77. The van der Waals surface area contributed by atoms with Gasteiger partial charge in [-0.25, -0.2) is 0 Å². The molecule has 0 N–H and O–H groups in total. The van der Waals surface area contributed by atoms with E-state index >= 15 is 0 Å². The van der Waals surface area contributed by atoms with Crippen molar-refractivity contribution in [3.8, 4) is 0 Å². The van der Waals surface area contributed by atoms with E-state index in [9.17, 15) is 9.59 Å². The van der Waals surface area contributed by atoms with Gasteiger partial charge in [-0.1, -0.05) is 52.7 Å². The topological polar surface area (TPSA) is 52.6 Å². The second-order valence-electron chi connectivity index (χ2n) is 13.0. The Morgan fingerprint density at radius 3 is 1.27 bits per heavy atom. The standard InChI is InChI=1S/C27H48O4Si2/c1-26(2,3)32(7,8)30-18-22-20(14-16-24(22)28)12-11-13-21-15-17-25(29)23(21)19-31-33(9,10)27(4,5)6/h11-19H2,1-10H3. The average Bonchev–Trinajstić information content (AvgIpc) is 3.19. The number of hydrogen-bond donors (Lipinski definition) is 0. The molecule has 0 aromatic heterocycles. The van der Waals surface area contributed by atoms with Crippen LogP contribution in [0.15, 0.2) is 22.3 Å². The van der Waals surface area contributed by atoms with Crippen molar-refractivity contribution >= 4 is 28.2 Å². The first-order chi connectivity index (χ1) is 15.0. The normalized spacial score (nSPS) is 18.8. The number of carbonyl (C=O) groups excluding carboxylic acids is 2. The summed E-state index contributed by atoms with van der Waals surface area (Å²) in [6.07, 6.45) is 5.82. The lowest BCUT2D eigenvalue weighted by molar-refractivity contribution is -0.116. The van der Waals surface area contributed by atoms with Gasteiger partial charge >= 0.3 is 0 Å². The predicted molar refractivity (Wildman–Crippen MR) is 143 cm³/mol. The van der Waals surface area contributed by atoms with Crippen LogP contribution in [0.25, 0.3) is 0 Å². The lowest BCUT2D eigenvalue weighted by Crippen LogP contribution is -2.41. The molecule has 2 rings (SSSR count). The zero-order chi connectivity index (χ0) is 25.2. The van der Waals surface area contributed by atoms with Crippen LogP contribution in [0.2, 0.25) is 36.3 Å². The zero-order valence-electron chi connectivity index (χ0n) is 23.0. The van der Waals surface area contributed by atoms with Crippen molar-refractivity contribution in [1.82, 2.24) is 0 Å². The van der Waals surface area contributed by atoms with Crippen LogP contribution < -0.4 is 0 Å². The maximum Gasteiger partial charge on any atom is 0.192 e. The molecule has 0 spiro atoms. The molecule has 0 atom stereocenters. The highest BCUT2D eigenvalue weighted by Crippen LogP contribution is 2.39. The quantitative estimate of drug-likeness (QED) is 0.296. The van der Waals surface area contributed by atoms with Gasteiger partial charge in [-0.15, -0.1) is 0 Å². The molecule has 0 heterocycles. The SMILES string of the molecule is CC(C)(C)[Si](C)(C)OCC1=C(CCCC2=C(CO[Si](C)(C)C(C)(C)C)C(=O)CC2)CCC1=O. The van der Waals surface area contributed by atoms with E-state index in [1.807, 2.05) is 0 Å². The van der Waals surface area contributed by atoms with E-state index in [2.05, 4.69) is 67.7 Å². The van der Waals surface area contributed by atoms with Crippen molar-refractivity contribution in [2.45, 2.75) is 123 Å². The summed E-state index contributed by atoms with van der Waals surface area (Å²) in [6.45, 7) is 23.3. The Morgan fingerprint density at radius 2 is 0.970 bits per heavy atom. The van der Waals surface area contributed by atoms with Crippen LogP contribution >= 0.6 is 0 Å². The summed E-state index contributed by atoms with van der Waals surface area (Å²) >= 11 is 0. The van der Waals surface area contributed by atoms with E-state index in [0.717, 1.165) is 43.3 Å². The van der Waals surface area contributed by atoms with Gasteiger partial charge in [0.15, 0.2) is 28.2 Å². The van der Waals surface area contributed by atoms with Crippen molar-refractivity contribution in [2.75, 3.05) is 13.2 Å². The molecule has 6 heteroatoms. The first-order valence-electron chi connectivity index (χ1n) is 12.7. The van der Waals surface area contributed by atoms with Crippen molar-refractivity contribution in [3.05, 3.63) is 22.3 Å². The maximum absolute atomic E-state index is 12.5. The fraction of sp³-hybridized carbons (Fsp3) is 0.778. The second kappa shape index (κ2) is 10.4. The number of carbonyl (C=O) groups is 2. The van der Waals surface area contributed by atoms with Crippen LogP contribution in [0.1, 0.15) is 86.5 Å². The number of rotatable bonds is 10. The smallest absolute Gasteiger partial charge is 0.192 e. The summed E-state index contributed by atoms with van der Waals surface area (Å²) in [5, 5.41) is 0.277. The molecule has 0 aromatic carbocycles. The zero-order valence-corrected chi connectivity index (χ0v) is 25.0. The van der Waals surface area contributed by atoms with Crippen LogP contribution in [0.5, 0.6) is 0 Å². The molecule has 0 bridgehead atoms. The number of hydrogen-bond acceptors (Lipinski definition) is 4. The van der Waals surface area contributed by atoms with Crippen molar-refractivity contribution in [3.63, 3.8) is 0 Å². The van der Waals surface area contributed by atoms with Crippen LogP contribution in [-0.4, -0.2) is 41.4 Å². The average molecular weight is 493 g/mol. The third-order valence-electron chi connectivity index (χ3n) is 8.56. The molecule has 188 valence electrons. The van der Waals surface area contributed by atoms with Gasteiger partial charge in [0.25, 0.3) is 0 Å². The molecule has 4 nitrogen and oxygen atoms in total. The molecular formula is C27H48O4Si2. The number of Topliss-reactive ketones (excluding diaryl/α,β-unsaturated/α-hetero) is 2. The van der Waals surface area contributed by atoms with Crippen LogP contribution in [-0.2, 0) is 18.4 Å². The largest absolute Gasteiger partial charge is 0.412 e. The van der Waals surface area contributed by atoms with Gasteiger partial charge in [0.1, 0.15) is 0 Å². The summed E-state index contributed by atoms with van der Waals surface area (Å²) in [6, 6.07) is 0. The molecule has 0 saturated carbocycles. The van der Waals surface area contributed by atoms with Crippen LogP contribution in [0.4, 0.5) is 0 Å². The molecule has 2 aliphatic carbocycles. The van der Waals surface area contributed by atoms with E-state index in [4.69, 9.17) is 8.85 Å². The summed E-state index contributed by atoms with van der Waals surface area (Å²) in [4.78, 5) is 25.1. The van der Waals surface area contributed by atoms with E-state index in [0.29, 0.717) is 26.1 Å². The lowest BCUT2D eigenvalue weighted by atomic mass is 10.00.